The van der Waals surface area contributed by atoms with Crippen molar-refractivity contribution in [2.24, 2.45) is 0 Å². The van der Waals surface area contributed by atoms with Gasteiger partial charge in [0.2, 0.25) is 0 Å². The Kier molecular flexibility index (Phi) is 4.22. The fraction of sp³-hybridized carbons (Fsp3) is 0.400. The molecule has 19 heavy (non-hydrogen) atoms. The molecule has 0 aliphatic heterocycles. The first-order valence-electron chi connectivity index (χ1n) is 6.38. The van der Waals surface area contributed by atoms with Gasteiger partial charge in [-0.2, -0.15) is 0 Å². The van der Waals surface area contributed by atoms with E-state index in [0.717, 1.165) is 34.5 Å². The van der Waals surface area contributed by atoms with Crippen LogP contribution in [0, 0.1) is 0 Å². The van der Waals surface area contributed by atoms with Gasteiger partial charge in [0.15, 0.2) is 11.5 Å². The van der Waals surface area contributed by atoms with Crippen LogP contribution in [0.5, 0.6) is 11.5 Å². The summed E-state index contributed by atoms with van der Waals surface area (Å²) in [4.78, 5) is 4.45. The number of ether oxygens (including phenoxy) is 2. The lowest BCUT2D eigenvalue weighted by Gasteiger charge is -2.13. The van der Waals surface area contributed by atoms with Crippen LogP contribution in [-0.4, -0.2) is 25.2 Å². The summed E-state index contributed by atoms with van der Waals surface area (Å²) in [6, 6.07) is 6.38. The van der Waals surface area contributed by atoms with Crippen molar-refractivity contribution in [2.45, 2.75) is 26.4 Å². The van der Waals surface area contributed by atoms with Gasteiger partial charge >= 0.3 is 0 Å². The maximum Gasteiger partial charge on any atom is 0.161 e. The molecule has 1 heterocycles. The first kappa shape index (κ1) is 13.6. The molecule has 2 aromatic rings. The highest BCUT2D eigenvalue weighted by atomic mass is 16.5. The predicted octanol–water partition coefficient (Wildman–Crippen LogP) is 2.75. The molecule has 4 nitrogen and oxygen atoms in total. The van der Waals surface area contributed by atoms with Crippen molar-refractivity contribution in [3.63, 3.8) is 0 Å². The van der Waals surface area contributed by atoms with E-state index in [0.29, 0.717) is 6.04 Å². The Morgan fingerprint density at radius 1 is 1.16 bits per heavy atom. The van der Waals surface area contributed by atoms with Gasteiger partial charge in [-0.15, -0.1) is 0 Å². The molecule has 0 atom stereocenters. The molecule has 0 unspecified atom stereocenters. The summed E-state index contributed by atoms with van der Waals surface area (Å²) < 4.78 is 10.7. The zero-order valence-electron chi connectivity index (χ0n) is 11.9. The lowest BCUT2D eigenvalue weighted by molar-refractivity contribution is 0.356. The zero-order valence-corrected chi connectivity index (χ0v) is 11.9. The van der Waals surface area contributed by atoms with E-state index < -0.39 is 0 Å². The van der Waals surface area contributed by atoms with Gasteiger partial charge < -0.3 is 14.8 Å². The third-order valence-electron chi connectivity index (χ3n) is 3.03. The molecule has 1 aromatic heterocycles. The Bertz CT molecular complexity index is 567. The lowest BCUT2D eigenvalue weighted by atomic mass is 10.1. The van der Waals surface area contributed by atoms with Gasteiger partial charge in [-0.05, 0) is 23.6 Å². The summed E-state index contributed by atoms with van der Waals surface area (Å²) in [7, 11) is 3.29. The van der Waals surface area contributed by atoms with Crippen LogP contribution in [-0.2, 0) is 6.54 Å². The van der Waals surface area contributed by atoms with Crippen LogP contribution in [0.1, 0.15) is 19.5 Å². The average Bonchev–Trinajstić information content (AvgIpc) is 2.43. The molecule has 4 heteroatoms. The van der Waals surface area contributed by atoms with Gasteiger partial charge in [0.05, 0.1) is 19.9 Å². The molecule has 0 aliphatic carbocycles. The Balaban J connectivity index is 2.48. The summed E-state index contributed by atoms with van der Waals surface area (Å²) in [5.74, 6) is 1.47. The summed E-state index contributed by atoms with van der Waals surface area (Å²) in [5, 5.41) is 5.58. The quantitative estimate of drug-likeness (QED) is 0.897. The minimum absolute atomic E-state index is 0.428. The van der Waals surface area contributed by atoms with Crippen molar-refractivity contribution >= 4 is 10.8 Å². The fourth-order valence-corrected chi connectivity index (χ4v) is 2.00. The smallest absolute Gasteiger partial charge is 0.161 e. The molecular formula is C15H20N2O2. The molecule has 0 bridgehead atoms. The van der Waals surface area contributed by atoms with E-state index in [4.69, 9.17) is 9.47 Å². The molecule has 0 spiro atoms. The second kappa shape index (κ2) is 5.89. The van der Waals surface area contributed by atoms with E-state index in [2.05, 4.69) is 24.1 Å². The van der Waals surface area contributed by atoms with E-state index in [9.17, 15) is 0 Å². The largest absolute Gasteiger partial charge is 0.493 e. The van der Waals surface area contributed by atoms with E-state index in [-0.39, 0.29) is 0 Å². The van der Waals surface area contributed by atoms with Crippen LogP contribution in [0.2, 0.25) is 0 Å². The molecule has 0 aliphatic rings. The Morgan fingerprint density at radius 2 is 1.84 bits per heavy atom. The van der Waals surface area contributed by atoms with E-state index in [1.54, 1.807) is 14.2 Å². The van der Waals surface area contributed by atoms with Crippen molar-refractivity contribution in [3.05, 3.63) is 30.1 Å². The Morgan fingerprint density at radius 3 is 2.47 bits per heavy atom. The minimum atomic E-state index is 0.428. The van der Waals surface area contributed by atoms with Crippen molar-refractivity contribution in [3.8, 4) is 11.5 Å². The third-order valence-corrected chi connectivity index (χ3v) is 3.03. The van der Waals surface area contributed by atoms with Crippen LogP contribution in [0.15, 0.2) is 24.4 Å². The zero-order chi connectivity index (χ0) is 13.8. The summed E-state index contributed by atoms with van der Waals surface area (Å²) in [6.07, 6.45) is 1.82. The van der Waals surface area contributed by atoms with Crippen LogP contribution >= 0.6 is 0 Å². The lowest BCUT2D eigenvalue weighted by Crippen LogP contribution is -2.22. The number of aromatic nitrogens is 1. The molecular weight excluding hydrogens is 240 g/mol. The molecule has 0 saturated carbocycles. The molecule has 0 saturated heterocycles. The molecule has 1 aromatic carbocycles. The van der Waals surface area contributed by atoms with Gasteiger partial charge in [0.25, 0.3) is 0 Å². The number of pyridine rings is 1. The molecule has 0 fully saturated rings. The standard InChI is InChI=1S/C15H20N2O2/c1-10(2)17-9-13-12-8-15(19-4)14(18-3)7-11(12)5-6-16-13/h5-8,10,17H,9H2,1-4H3. The highest BCUT2D eigenvalue weighted by molar-refractivity contribution is 5.87. The number of benzene rings is 1. The van der Waals surface area contributed by atoms with E-state index in [1.165, 1.54) is 0 Å². The minimum Gasteiger partial charge on any atom is -0.493 e. The van der Waals surface area contributed by atoms with Crippen LogP contribution in [0.3, 0.4) is 0 Å². The van der Waals surface area contributed by atoms with E-state index >= 15 is 0 Å². The number of nitrogens with zero attached hydrogens (tertiary/aromatic N) is 1. The monoisotopic (exact) mass is 260 g/mol. The third kappa shape index (κ3) is 2.96. The maximum absolute atomic E-state index is 5.35. The number of fused-ring (bicyclic) bond motifs is 1. The summed E-state index contributed by atoms with van der Waals surface area (Å²) >= 11 is 0. The maximum atomic E-state index is 5.35. The van der Waals surface area contributed by atoms with E-state index in [1.807, 2.05) is 24.4 Å². The van der Waals surface area contributed by atoms with Gasteiger partial charge in [-0.25, -0.2) is 0 Å². The highest BCUT2D eigenvalue weighted by Crippen LogP contribution is 2.32. The molecule has 0 amide bonds. The number of hydrogen-bond donors (Lipinski definition) is 1. The van der Waals surface area contributed by atoms with Gasteiger partial charge in [-0.3, -0.25) is 4.98 Å². The molecule has 1 N–H and O–H groups in total. The SMILES string of the molecule is COc1cc2ccnc(CNC(C)C)c2cc1OC. The van der Waals surface area contributed by atoms with Crippen LogP contribution in [0.4, 0.5) is 0 Å². The normalized spacial score (nSPS) is 11.0. The molecule has 0 radical (unpaired) electrons. The summed E-state index contributed by atoms with van der Waals surface area (Å²) in [5.41, 5.74) is 1.02. The van der Waals surface area contributed by atoms with Gasteiger partial charge in [-0.1, -0.05) is 13.8 Å². The second-order valence-electron chi connectivity index (χ2n) is 4.72. The van der Waals surface area contributed by atoms with Crippen molar-refractivity contribution in [2.75, 3.05) is 14.2 Å². The van der Waals surface area contributed by atoms with Crippen LogP contribution < -0.4 is 14.8 Å². The number of methoxy groups -OCH3 is 2. The van der Waals surface area contributed by atoms with Crippen molar-refractivity contribution in [1.82, 2.24) is 10.3 Å². The number of hydrogen-bond acceptors (Lipinski definition) is 4. The Labute approximate surface area is 113 Å². The number of nitrogens with one attached hydrogen (secondary N) is 1. The van der Waals surface area contributed by atoms with Crippen molar-refractivity contribution < 1.29 is 9.47 Å². The number of rotatable bonds is 5. The predicted molar refractivity (Wildman–Crippen MR) is 76.8 cm³/mol. The second-order valence-corrected chi connectivity index (χ2v) is 4.72. The first-order chi connectivity index (χ1) is 9.15. The van der Waals surface area contributed by atoms with Gasteiger partial charge in [0.1, 0.15) is 0 Å². The van der Waals surface area contributed by atoms with Crippen molar-refractivity contribution in [1.29, 1.82) is 0 Å². The van der Waals surface area contributed by atoms with Crippen LogP contribution in [0.25, 0.3) is 10.8 Å². The molecule has 2 rings (SSSR count). The molecule has 102 valence electrons. The Hall–Kier alpha value is -1.81. The fourth-order valence-electron chi connectivity index (χ4n) is 2.00. The highest BCUT2D eigenvalue weighted by Gasteiger charge is 2.09. The topological polar surface area (TPSA) is 43.4 Å². The van der Waals surface area contributed by atoms with Gasteiger partial charge in [0, 0.05) is 24.2 Å². The average molecular weight is 260 g/mol. The first-order valence-corrected chi connectivity index (χ1v) is 6.38. The summed E-state index contributed by atoms with van der Waals surface area (Å²) in [6.45, 7) is 4.98.